The number of H-pyrrole nitrogens is 1. The summed E-state index contributed by atoms with van der Waals surface area (Å²) in [6, 6.07) is 11.2. The second-order valence-corrected chi connectivity index (χ2v) is 5.76. The summed E-state index contributed by atoms with van der Waals surface area (Å²) in [4.78, 5) is 16.7. The molecule has 29 heavy (non-hydrogen) atoms. The third-order valence-corrected chi connectivity index (χ3v) is 3.94. The standard InChI is InChI=1S/C19H18F2N4O4/c1-27-13-6-3-11(4-7-13)17-23-16(24-25-17)10-22-18(26)12-5-8-14(28-2)15(9-12)29-19(20)21/h3-9,19H,10H2,1-2H3,(H,22,26)(H,23,24,25). The smallest absolute Gasteiger partial charge is 0.387 e. The third-order valence-electron chi connectivity index (χ3n) is 3.94. The molecule has 0 unspecified atom stereocenters. The van der Waals surface area contributed by atoms with Gasteiger partial charge in [-0.2, -0.15) is 13.9 Å². The number of amides is 1. The summed E-state index contributed by atoms with van der Waals surface area (Å²) in [5.74, 6) is 0.995. The van der Waals surface area contributed by atoms with E-state index in [0.29, 0.717) is 17.4 Å². The third kappa shape index (κ3) is 4.98. The van der Waals surface area contributed by atoms with Crippen LogP contribution in [0.1, 0.15) is 16.2 Å². The van der Waals surface area contributed by atoms with E-state index in [1.54, 1.807) is 19.2 Å². The first-order chi connectivity index (χ1) is 14.0. The Labute approximate surface area is 164 Å². The molecular weight excluding hydrogens is 386 g/mol. The van der Waals surface area contributed by atoms with Crippen molar-refractivity contribution < 1.29 is 27.8 Å². The van der Waals surface area contributed by atoms with Crippen molar-refractivity contribution in [3.8, 4) is 28.6 Å². The van der Waals surface area contributed by atoms with Crippen LogP contribution in [0.3, 0.4) is 0 Å². The first-order valence-electron chi connectivity index (χ1n) is 8.47. The molecule has 0 aliphatic carbocycles. The van der Waals surface area contributed by atoms with E-state index in [2.05, 4.69) is 25.2 Å². The molecule has 8 nitrogen and oxygen atoms in total. The number of carbonyl (C=O) groups excluding carboxylic acids is 1. The summed E-state index contributed by atoms with van der Waals surface area (Å²) in [5, 5.41) is 9.50. The van der Waals surface area contributed by atoms with Crippen LogP contribution in [0.25, 0.3) is 11.4 Å². The number of ether oxygens (including phenoxy) is 3. The summed E-state index contributed by atoms with van der Waals surface area (Å²) in [5.41, 5.74) is 0.917. The number of nitrogens with one attached hydrogen (secondary N) is 2. The quantitative estimate of drug-likeness (QED) is 0.599. The highest BCUT2D eigenvalue weighted by molar-refractivity contribution is 5.94. The van der Waals surface area contributed by atoms with Crippen LogP contribution in [0, 0.1) is 0 Å². The van der Waals surface area contributed by atoms with Gasteiger partial charge in [-0.1, -0.05) is 0 Å². The van der Waals surface area contributed by atoms with Crippen LogP contribution < -0.4 is 19.5 Å². The minimum Gasteiger partial charge on any atom is -0.497 e. The van der Waals surface area contributed by atoms with E-state index >= 15 is 0 Å². The fourth-order valence-electron chi connectivity index (χ4n) is 2.52. The Kier molecular flexibility index (Phi) is 6.22. The molecule has 2 N–H and O–H groups in total. The average Bonchev–Trinajstić information content (AvgIpc) is 3.20. The van der Waals surface area contributed by atoms with Crippen LogP contribution in [0.4, 0.5) is 8.78 Å². The molecule has 2 aromatic carbocycles. The van der Waals surface area contributed by atoms with Crippen LogP contribution in [0.5, 0.6) is 17.2 Å². The van der Waals surface area contributed by atoms with E-state index in [1.807, 2.05) is 12.1 Å². The van der Waals surface area contributed by atoms with E-state index in [1.165, 1.54) is 25.3 Å². The topological polar surface area (TPSA) is 98.4 Å². The average molecular weight is 404 g/mol. The molecule has 3 rings (SSSR count). The van der Waals surface area contributed by atoms with Gasteiger partial charge in [0.25, 0.3) is 5.91 Å². The number of aromatic amines is 1. The van der Waals surface area contributed by atoms with Crippen LogP contribution in [-0.4, -0.2) is 41.9 Å². The van der Waals surface area contributed by atoms with Crippen molar-refractivity contribution in [2.24, 2.45) is 0 Å². The van der Waals surface area contributed by atoms with Gasteiger partial charge in [0.2, 0.25) is 0 Å². The molecule has 0 spiro atoms. The monoisotopic (exact) mass is 404 g/mol. The zero-order valence-electron chi connectivity index (χ0n) is 15.6. The summed E-state index contributed by atoms with van der Waals surface area (Å²) in [6.45, 7) is -2.97. The number of alkyl halides is 2. The van der Waals surface area contributed by atoms with Crippen molar-refractivity contribution in [3.05, 3.63) is 53.9 Å². The lowest BCUT2D eigenvalue weighted by Crippen LogP contribution is -2.23. The van der Waals surface area contributed by atoms with Crippen LogP contribution in [-0.2, 0) is 6.54 Å². The first-order valence-corrected chi connectivity index (χ1v) is 8.47. The fraction of sp³-hybridized carbons (Fsp3) is 0.211. The van der Waals surface area contributed by atoms with Crippen LogP contribution in [0.15, 0.2) is 42.5 Å². The largest absolute Gasteiger partial charge is 0.497 e. The number of nitrogens with zero attached hydrogens (tertiary/aromatic N) is 2. The van der Waals surface area contributed by atoms with Gasteiger partial charge >= 0.3 is 6.61 Å². The van der Waals surface area contributed by atoms with E-state index in [0.717, 1.165) is 5.56 Å². The van der Waals surface area contributed by atoms with Gasteiger partial charge in [0.1, 0.15) is 11.6 Å². The van der Waals surface area contributed by atoms with E-state index in [4.69, 9.17) is 9.47 Å². The van der Waals surface area contributed by atoms with Gasteiger partial charge in [-0.05, 0) is 42.5 Å². The number of benzene rings is 2. The minimum atomic E-state index is -3.03. The maximum Gasteiger partial charge on any atom is 0.387 e. The molecule has 0 saturated heterocycles. The second-order valence-electron chi connectivity index (χ2n) is 5.76. The van der Waals surface area contributed by atoms with Crippen molar-refractivity contribution in [2.75, 3.05) is 14.2 Å². The molecule has 10 heteroatoms. The molecule has 3 aromatic rings. The Morgan fingerprint density at radius 2 is 1.86 bits per heavy atom. The van der Waals surface area contributed by atoms with Crippen molar-refractivity contribution >= 4 is 5.91 Å². The van der Waals surface area contributed by atoms with Crippen molar-refractivity contribution in [2.45, 2.75) is 13.2 Å². The number of rotatable bonds is 8. The molecule has 1 amide bonds. The molecule has 152 valence electrons. The van der Waals surface area contributed by atoms with Crippen LogP contribution in [0.2, 0.25) is 0 Å². The van der Waals surface area contributed by atoms with E-state index in [-0.39, 0.29) is 23.6 Å². The normalized spacial score (nSPS) is 10.7. The van der Waals surface area contributed by atoms with Crippen LogP contribution >= 0.6 is 0 Å². The van der Waals surface area contributed by atoms with E-state index < -0.39 is 12.5 Å². The fourth-order valence-corrected chi connectivity index (χ4v) is 2.52. The number of halogens is 2. The number of methoxy groups -OCH3 is 2. The minimum absolute atomic E-state index is 0.0685. The Hall–Kier alpha value is -3.69. The molecule has 0 radical (unpaired) electrons. The van der Waals surface area contributed by atoms with Crippen molar-refractivity contribution in [3.63, 3.8) is 0 Å². The predicted octanol–water partition coefficient (Wildman–Crippen LogP) is 3.02. The van der Waals surface area contributed by atoms with Gasteiger partial charge in [-0.15, -0.1) is 0 Å². The molecule has 0 aliphatic heterocycles. The Bertz CT molecular complexity index is 977. The Morgan fingerprint density at radius 1 is 1.10 bits per heavy atom. The van der Waals surface area contributed by atoms with Crippen molar-refractivity contribution in [1.29, 1.82) is 0 Å². The first kappa shape index (κ1) is 20.1. The lowest BCUT2D eigenvalue weighted by Gasteiger charge is -2.11. The highest BCUT2D eigenvalue weighted by Gasteiger charge is 2.15. The molecule has 0 bridgehead atoms. The molecule has 0 atom stereocenters. The number of carbonyl (C=O) groups is 1. The molecule has 1 heterocycles. The molecular formula is C19H18F2N4O4. The summed E-state index contributed by atoms with van der Waals surface area (Å²) in [7, 11) is 2.89. The second kappa shape index (κ2) is 9.00. The maximum absolute atomic E-state index is 12.5. The van der Waals surface area contributed by atoms with E-state index in [9.17, 15) is 13.6 Å². The molecule has 0 fully saturated rings. The molecule has 1 aromatic heterocycles. The maximum atomic E-state index is 12.5. The van der Waals surface area contributed by atoms with Gasteiger partial charge in [0.15, 0.2) is 17.3 Å². The van der Waals surface area contributed by atoms with Gasteiger partial charge in [0, 0.05) is 11.1 Å². The summed E-state index contributed by atoms with van der Waals surface area (Å²) >= 11 is 0. The van der Waals surface area contributed by atoms with Gasteiger partial charge < -0.3 is 19.5 Å². The lowest BCUT2D eigenvalue weighted by atomic mass is 10.2. The highest BCUT2D eigenvalue weighted by Crippen LogP contribution is 2.29. The lowest BCUT2D eigenvalue weighted by molar-refractivity contribution is -0.0512. The number of hydrogen-bond donors (Lipinski definition) is 2. The van der Waals surface area contributed by atoms with Gasteiger partial charge in [-0.25, -0.2) is 4.98 Å². The summed E-state index contributed by atoms with van der Waals surface area (Å²) in [6.07, 6.45) is 0. The van der Waals surface area contributed by atoms with Gasteiger partial charge in [0.05, 0.1) is 20.8 Å². The highest BCUT2D eigenvalue weighted by atomic mass is 19.3. The van der Waals surface area contributed by atoms with Gasteiger partial charge in [-0.3, -0.25) is 9.89 Å². The number of hydrogen-bond acceptors (Lipinski definition) is 6. The zero-order valence-corrected chi connectivity index (χ0v) is 15.6. The van der Waals surface area contributed by atoms with Crippen molar-refractivity contribution in [1.82, 2.24) is 20.5 Å². The molecule has 0 saturated carbocycles. The SMILES string of the molecule is COc1ccc(-c2n[nH]c(CNC(=O)c3ccc(OC)c(OC(F)F)c3)n2)cc1. The molecule has 0 aliphatic rings. The zero-order chi connectivity index (χ0) is 20.8. The Balaban J connectivity index is 1.65. The summed E-state index contributed by atoms with van der Waals surface area (Å²) < 4.78 is 39.5. The number of aromatic nitrogens is 3. The Morgan fingerprint density at radius 3 is 2.52 bits per heavy atom. The predicted molar refractivity (Wildman–Crippen MR) is 99.2 cm³/mol.